The van der Waals surface area contributed by atoms with Crippen LogP contribution in [0.15, 0.2) is 9.59 Å². The van der Waals surface area contributed by atoms with E-state index in [0.29, 0.717) is 17.9 Å². The highest BCUT2D eigenvalue weighted by molar-refractivity contribution is 7.79. The molecule has 0 bridgehead atoms. The molecule has 0 saturated carbocycles. The van der Waals surface area contributed by atoms with Crippen molar-refractivity contribution in [3.8, 4) is 0 Å². The molecule has 4 rings (SSSR count). The molecule has 0 radical (unpaired) electrons. The molecule has 0 amide bonds. The quantitative estimate of drug-likeness (QED) is 0.797. The summed E-state index contributed by atoms with van der Waals surface area (Å²) < 4.78 is 18.6. The lowest BCUT2D eigenvalue weighted by atomic mass is 10.1. The number of rotatable bonds is 2. The highest BCUT2D eigenvalue weighted by Gasteiger charge is 2.53. The van der Waals surface area contributed by atoms with Crippen LogP contribution in [0.25, 0.3) is 10.3 Å². The summed E-state index contributed by atoms with van der Waals surface area (Å²) in [7, 11) is 0. The van der Waals surface area contributed by atoms with Crippen LogP contribution in [0.4, 0.5) is 0 Å². The predicted octanol–water partition coefficient (Wildman–Crippen LogP) is 0.831. The van der Waals surface area contributed by atoms with E-state index in [1.54, 1.807) is 6.92 Å². The minimum absolute atomic E-state index is 0.0568. The molecule has 10 heteroatoms. The van der Waals surface area contributed by atoms with Gasteiger partial charge in [-0.3, -0.25) is 14.2 Å². The highest BCUT2D eigenvalue weighted by Crippen LogP contribution is 2.39. The first-order valence-electron chi connectivity index (χ1n) is 7.14. The third kappa shape index (κ3) is 2.12. The van der Waals surface area contributed by atoms with Gasteiger partial charge in [-0.05, 0) is 13.3 Å². The number of H-pyrrole nitrogens is 1. The van der Waals surface area contributed by atoms with Crippen molar-refractivity contribution in [3.63, 3.8) is 0 Å². The minimum Gasteiger partial charge on any atom is -0.447 e. The summed E-state index contributed by atoms with van der Waals surface area (Å²) in [5.74, 6) is 0.426. The van der Waals surface area contributed by atoms with E-state index in [2.05, 4.69) is 9.97 Å². The Hall–Kier alpha value is -1.78. The van der Waals surface area contributed by atoms with Gasteiger partial charge in [-0.15, -0.1) is 0 Å². The number of aromatic amines is 1. The van der Waals surface area contributed by atoms with Gasteiger partial charge in [0, 0.05) is 12.2 Å². The average molecular weight is 355 g/mol. The minimum atomic E-state index is -0.722. The van der Waals surface area contributed by atoms with Gasteiger partial charge in [-0.25, -0.2) is 4.98 Å². The van der Waals surface area contributed by atoms with E-state index in [9.17, 15) is 9.59 Å². The summed E-state index contributed by atoms with van der Waals surface area (Å²) in [6.45, 7) is 3.61. The Bertz CT molecular complexity index is 916. The number of nitrogens with zero attached hydrogens (tertiary/aromatic N) is 2. The smallest absolute Gasteiger partial charge is 0.353 e. The first kappa shape index (κ1) is 14.8. The second-order valence-corrected chi connectivity index (χ2v) is 6.73. The molecule has 2 saturated heterocycles. The molecule has 2 aliphatic heterocycles. The number of ether oxygens (including phenoxy) is 3. The van der Waals surface area contributed by atoms with Crippen molar-refractivity contribution in [2.45, 2.75) is 44.8 Å². The van der Waals surface area contributed by atoms with Gasteiger partial charge in [0.2, 0.25) is 0 Å². The maximum atomic E-state index is 12.4. The molecule has 0 spiro atoms. The molecule has 2 fully saturated rings. The molecule has 23 heavy (non-hydrogen) atoms. The summed E-state index contributed by atoms with van der Waals surface area (Å²) in [5.41, 5.74) is -0.0442. The van der Waals surface area contributed by atoms with Crippen molar-refractivity contribution in [2.24, 2.45) is 0 Å². The number of aryl methyl sites for hydroxylation is 1. The molecule has 2 aromatic rings. The van der Waals surface area contributed by atoms with Gasteiger partial charge in [-0.2, -0.15) is 0 Å². The molecule has 8 nitrogen and oxygen atoms in total. The molecule has 0 aromatic carbocycles. The van der Waals surface area contributed by atoms with Crippen LogP contribution in [-0.4, -0.2) is 38.1 Å². The molecule has 122 valence electrons. The van der Waals surface area contributed by atoms with Crippen LogP contribution >= 0.6 is 23.6 Å². The SMILES string of the molecule is CC[C@H]1OC(n2c(=O)sc3c(=O)[nH]c(C)nc32)C2OC(=S)O[C@@H]21. The molecule has 2 unspecified atom stereocenters. The Kier molecular flexibility index (Phi) is 3.29. The van der Waals surface area contributed by atoms with E-state index in [1.807, 2.05) is 6.92 Å². The fourth-order valence-corrected chi connectivity index (χ4v) is 4.09. The van der Waals surface area contributed by atoms with E-state index in [-0.39, 0.29) is 32.6 Å². The molecule has 0 aliphatic carbocycles. The summed E-state index contributed by atoms with van der Waals surface area (Å²) in [4.78, 5) is 31.0. The number of hydrogen-bond acceptors (Lipinski definition) is 8. The molecule has 2 aliphatic rings. The number of thiocarbonyl (C=S) groups is 1. The summed E-state index contributed by atoms with van der Waals surface area (Å²) >= 11 is 5.81. The van der Waals surface area contributed by atoms with Crippen molar-refractivity contribution in [2.75, 3.05) is 0 Å². The zero-order valence-corrected chi connectivity index (χ0v) is 13.9. The molecule has 2 aromatic heterocycles. The monoisotopic (exact) mass is 355 g/mol. The predicted molar refractivity (Wildman–Crippen MR) is 85.8 cm³/mol. The number of hydrogen-bond donors (Lipinski definition) is 1. The Morgan fingerprint density at radius 3 is 2.83 bits per heavy atom. The van der Waals surface area contributed by atoms with Crippen LogP contribution in [0.3, 0.4) is 0 Å². The van der Waals surface area contributed by atoms with Crippen molar-refractivity contribution in [3.05, 3.63) is 25.8 Å². The third-order valence-electron chi connectivity index (χ3n) is 4.00. The molecular weight excluding hydrogens is 342 g/mol. The Balaban J connectivity index is 1.89. The lowest BCUT2D eigenvalue weighted by molar-refractivity contribution is -0.0437. The first-order chi connectivity index (χ1) is 11.0. The van der Waals surface area contributed by atoms with E-state index >= 15 is 0 Å². The standard InChI is InChI=1S/C13H13N3O5S2/c1-3-5-6-7(21-13(22)20-6)11(19-5)16-9-8(23-12(16)18)10(17)15-4(2)14-9/h5-7,11H,3H2,1-2H3,(H,14,15,17)/t5-,6-,7?,11?/m1/s1. The molecule has 1 N–H and O–H groups in total. The van der Waals surface area contributed by atoms with E-state index in [4.69, 9.17) is 26.4 Å². The topological polar surface area (TPSA) is 95.4 Å². The summed E-state index contributed by atoms with van der Waals surface area (Å²) in [6.07, 6.45) is -1.16. The highest BCUT2D eigenvalue weighted by atomic mass is 32.1. The first-order valence-corrected chi connectivity index (χ1v) is 8.36. The lowest BCUT2D eigenvalue weighted by Gasteiger charge is -2.17. The normalized spacial score (nSPS) is 29.6. The van der Waals surface area contributed by atoms with Crippen molar-refractivity contribution < 1.29 is 14.2 Å². The van der Waals surface area contributed by atoms with Gasteiger partial charge in [0.1, 0.15) is 16.6 Å². The van der Waals surface area contributed by atoms with E-state index in [1.165, 1.54) is 4.57 Å². The van der Waals surface area contributed by atoms with Crippen molar-refractivity contribution in [1.82, 2.24) is 14.5 Å². The Morgan fingerprint density at radius 2 is 2.09 bits per heavy atom. The van der Waals surface area contributed by atoms with Crippen LogP contribution < -0.4 is 10.4 Å². The Morgan fingerprint density at radius 1 is 1.35 bits per heavy atom. The molecular formula is C13H13N3O5S2. The van der Waals surface area contributed by atoms with Gasteiger partial charge < -0.3 is 19.2 Å². The maximum Gasteiger partial charge on any atom is 0.353 e. The third-order valence-corrected chi connectivity index (χ3v) is 5.13. The largest absolute Gasteiger partial charge is 0.447 e. The van der Waals surface area contributed by atoms with E-state index < -0.39 is 12.3 Å². The van der Waals surface area contributed by atoms with Gasteiger partial charge in [0.15, 0.2) is 24.1 Å². The summed E-state index contributed by atoms with van der Waals surface area (Å²) in [5, 5.41) is 0.0568. The van der Waals surface area contributed by atoms with Gasteiger partial charge in [0.25, 0.3) is 5.56 Å². The Labute approximate surface area is 139 Å². The van der Waals surface area contributed by atoms with Crippen molar-refractivity contribution >= 4 is 39.1 Å². The van der Waals surface area contributed by atoms with Crippen LogP contribution in [0.5, 0.6) is 0 Å². The van der Waals surface area contributed by atoms with Gasteiger partial charge in [0.05, 0.1) is 0 Å². The number of fused-ring (bicyclic) bond motifs is 2. The zero-order valence-electron chi connectivity index (χ0n) is 12.3. The zero-order chi connectivity index (χ0) is 16.3. The second-order valence-electron chi connectivity index (χ2n) is 5.43. The molecule has 4 heterocycles. The van der Waals surface area contributed by atoms with Crippen molar-refractivity contribution in [1.29, 1.82) is 0 Å². The van der Waals surface area contributed by atoms with Crippen LogP contribution in [0.2, 0.25) is 0 Å². The van der Waals surface area contributed by atoms with Crippen LogP contribution in [0, 0.1) is 6.92 Å². The van der Waals surface area contributed by atoms with Gasteiger partial charge in [-0.1, -0.05) is 18.3 Å². The lowest BCUT2D eigenvalue weighted by Crippen LogP contribution is -2.31. The van der Waals surface area contributed by atoms with Crippen LogP contribution in [-0.2, 0) is 14.2 Å². The average Bonchev–Trinajstić information content (AvgIpc) is 3.10. The summed E-state index contributed by atoms with van der Waals surface area (Å²) in [6, 6.07) is 0. The molecule has 4 atom stereocenters. The van der Waals surface area contributed by atoms with E-state index in [0.717, 1.165) is 11.3 Å². The fraction of sp³-hybridized carbons (Fsp3) is 0.538. The van der Waals surface area contributed by atoms with Gasteiger partial charge >= 0.3 is 10.1 Å². The number of nitrogens with one attached hydrogen (secondary N) is 1. The van der Waals surface area contributed by atoms with Crippen LogP contribution in [0.1, 0.15) is 25.4 Å². The number of aromatic nitrogens is 3. The number of thiazole rings is 1. The fourth-order valence-electron chi connectivity index (χ4n) is 3.03. The maximum absolute atomic E-state index is 12.4. The second kappa shape index (κ2) is 5.11.